The fourth-order valence-electron chi connectivity index (χ4n) is 6.21. The molecule has 0 saturated heterocycles. The second-order valence-electron chi connectivity index (χ2n) is 14.3. The Balaban J connectivity index is 0.0000270. The Kier molecular flexibility index (Phi) is 36.2. The van der Waals surface area contributed by atoms with Gasteiger partial charge in [-0.1, -0.05) is 154 Å². The first-order valence-corrected chi connectivity index (χ1v) is 22.5. The van der Waals surface area contributed by atoms with Crippen LogP contribution in [0.25, 0.3) is 0 Å². The Hall–Kier alpha value is -0.814. The number of hydrogen-bond donors (Lipinski definition) is 0. The van der Waals surface area contributed by atoms with Crippen molar-refractivity contribution in [2.24, 2.45) is 0 Å². The number of unbranched alkanes of at least 4 members (excludes halogenated alkanes) is 24. The van der Waals surface area contributed by atoms with Gasteiger partial charge in [-0.15, -0.1) is 0 Å². The van der Waals surface area contributed by atoms with E-state index in [1.807, 2.05) is 0 Å². The van der Waals surface area contributed by atoms with Crippen molar-refractivity contribution in [3.8, 4) is 0 Å². The molecule has 0 bridgehead atoms. The summed E-state index contributed by atoms with van der Waals surface area (Å²) < 4.78 is 45.7. The van der Waals surface area contributed by atoms with Gasteiger partial charge in [0.15, 0.2) is 0 Å². The number of benzene rings is 1. The number of ether oxygens (including phenoxy) is 2. The molecule has 1 aromatic rings. The van der Waals surface area contributed by atoms with Crippen molar-refractivity contribution in [2.45, 2.75) is 199 Å². The first-order chi connectivity index (χ1) is 25.3. The minimum Gasteiger partial charge on any atom is -0.744 e. The van der Waals surface area contributed by atoms with Crippen LogP contribution in [0.2, 0.25) is 0 Å². The van der Waals surface area contributed by atoms with Gasteiger partial charge in [-0.25, -0.2) is 18.0 Å². The molecule has 1 rings (SSSR count). The quantitative estimate of drug-likeness (QED) is 0.0222. The van der Waals surface area contributed by atoms with Gasteiger partial charge in [0.2, 0.25) is 0 Å². The van der Waals surface area contributed by atoms with Gasteiger partial charge in [0.05, 0.1) is 29.2 Å². The van der Waals surface area contributed by atoms with Gasteiger partial charge in [-0.05, 0) is 82.4 Å². The summed E-state index contributed by atoms with van der Waals surface area (Å²) in [5.41, 5.74) is -0.343. The van der Waals surface area contributed by atoms with Gasteiger partial charge in [0.1, 0.15) is 10.1 Å². The number of rotatable bonds is 35. The molecule has 0 aliphatic heterocycles. The molecular weight excluding hydrogens is 712 g/mol. The molecule has 0 spiro atoms. The standard InChI is InChI=1S/C44H74O7S.K/c1-3-5-7-9-11-13-15-17-19-21-23-25-27-29-31-33-37-50-43(45)41-36-35-40(52(47,48)49)39-42(41)44(46)51-38-34-32-30-28-26-24-22-20-18-16-14-12-10-8-6-4-2;/h11-14,35-36,39H,3-10,15-34,37-38H2,1-2H3,(H,47,48,49);/q;+1/p-1/b13-11+,14-12+;. The van der Waals surface area contributed by atoms with Gasteiger partial charge in [0, 0.05) is 0 Å². The van der Waals surface area contributed by atoms with E-state index in [-0.39, 0.29) is 75.7 Å². The fraction of sp³-hybridized carbons (Fsp3) is 0.727. The van der Waals surface area contributed by atoms with E-state index < -0.39 is 27.0 Å². The number of hydrogen-bond acceptors (Lipinski definition) is 7. The third-order valence-electron chi connectivity index (χ3n) is 9.50. The molecule has 0 amide bonds. The number of carbonyl (C=O) groups excluding carboxylic acids is 2. The molecule has 0 saturated carbocycles. The van der Waals surface area contributed by atoms with Gasteiger partial charge in [-0.3, -0.25) is 0 Å². The van der Waals surface area contributed by atoms with Crippen LogP contribution >= 0.6 is 0 Å². The molecule has 298 valence electrons. The van der Waals surface area contributed by atoms with Crippen molar-refractivity contribution in [3.63, 3.8) is 0 Å². The van der Waals surface area contributed by atoms with E-state index in [2.05, 4.69) is 38.2 Å². The molecular formula is C44H73KO7S. The molecule has 0 unspecified atom stereocenters. The summed E-state index contributed by atoms with van der Waals surface area (Å²) in [6.07, 6.45) is 42.1. The molecule has 0 radical (unpaired) electrons. The van der Waals surface area contributed by atoms with Gasteiger partial charge in [0.25, 0.3) is 0 Å². The average molecular weight is 785 g/mol. The maximum atomic E-state index is 12.9. The van der Waals surface area contributed by atoms with Crippen LogP contribution in [-0.4, -0.2) is 38.1 Å². The second kappa shape index (κ2) is 36.8. The van der Waals surface area contributed by atoms with Gasteiger partial charge < -0.3 is 14.0 Å². The van der Waals surface area contributed by atoms with Crippen LogP contribution < -0.4 is 51.4 Å². The summed E-state index contributed by atoms with van der Waals surface area (Å²) in [6, 6.07) is 3.13. The summed E-state index contributed by atoms with van der Waals surface area (Å²) in [5.74, 6) is -1.55. The van der Waals surface area contributed by atoms with Crippen LogP contribution in [0.4, 0.5) is 0 Å². The van der Waals surface area contributed by atoms with Crippen molar-refractivity contribution >= 4 is 22.1 Å². The average Bonchev–Trinajstić information content (AvgIpc) is 3.13. The van der Waals surface area contributed by atoms with E-state index in [9.17, 15) is 22.6 Å². The zero-order valence-corrected chi connectivity index (χ0v) is 38.0. The number of carbonyl (C=O) groups is 2. The molecule has 0 N–H and O–H groups in total. The first kappa shape index (κ1) is 52.2. The summed E-state index contributed by atoms with van der Waals surface area (Å²) >= 11 is 0. The van der Waals surface area contributed by atoms with Crippen LogP contribution in [0.3, 0.4) is 0 Å². The molecule has 0 heterocycles. The fourth-order valence-corrected chi connectivity index (χ4v) is 6.71. The molecule has 0 aliphatic carbocycles. The predicted molar refractivity (Wildman–Crippen MR) is 214 cm³/mol. The minimum atomic E-state index is -4.81. The van der Waals surface area contributed by atoms with Crippen LogP contribution in [0, 0.1) is 0 Å². The van der Waals surface area contributed by atoms with Crippen LogP contribution in [0.1, 0.15) is 214 Å². The van der Waals surface area contributed by atoms with Crippen molar-refractivity contribution in [2.75, 3.05) is 13.2 Å². The van der Waals surface area contributed by atoms with Gasteiger partial charge in [-0.2, -0.15) is 0 Å². The van der Waals surface area contributed by atoms with Crippen molar-refractivity contribution < 1.29 is 83.4 Å². The van der Waals surface area contributed by atoms with Crippen LogP contribution in [0.15, 0.2) is 47.4 Å². The number of esters is 2. The zero-order chi connectivity index (χ0) is 38.0. The Morgan fingerprint density at radius 3 is 1.19 bits per heavy atom. The second-order valence-corrected chi connectivity index (χ2v) is 15.7. The number of allylic oxidation sites excluding steroid dienone is 4. The van der Waals surface area contributed by atoms with E-state index >= 15 is 0 Å². The van der Waals surface area contributed by atoms with Crippen molar-refractivity contribution in [1.29, 1.82) is 0 Å². The van der Waals surface area contributed by atoms with E-state index in [0.29, 0.717) is 12.8 Å². The minimum absolute atomic E-state index is 0. The molecule has 9 heteroatoms. The molecule has 53 heavy (non-hydrogen) atoms. The summed E-state index contributed by atoms with van der Waals surface area (Å²) in [5, 5.41) is 0. The summed E-state index contributed by atoms with van der Waals surface area (Å²) in [6.45, 7) is 4.83. The molecule has 0 fully saturated rings. The molecule has 7 nitrogen and oxygen atoms in total. The monoisotopic (exact) mass is 784 g/mol. The molecule has 1 aromatic carbocycles. The summed E-state index contributed by atoms with van der Waals surface area (Å²) in [7, 11) is -4.81. The zero-order valence-electron chi connectivity index (χ0n) is 34.0. The first-order valence-electron chi connectivity index (χ1n) is 21.0. The Morgan fingerprint density at radius 1 is 0.509 bits per heavy atom. The van der Waals surface area contributed by atoms with Crippen LogP contribution in [0.5, 0.6) is 0 Å². The van der Waals surface area contributed by atoms with E-state index in [0.717, 1.165) is 50.7 Å². The van der Waals surface area contributed by atoms with Crippen molar-refractivity contribution in [3.05, 3.63) is 53.6 Å². The maximum Gasteiger partial charge on any atom is 1.00 e. The SMILES string of the molecule is CCCCC/C=C/CCCCCCCCCCCOC(=O)c1ccc(S(=O)(=O)[O-])cc1C(=O)OCCCCCCCCCCC/C=C/CCCCC.[K+]. The van der Waals surface area contributed by atoms with E-state index in [1.54, 1.807) is 0 Å². The Morgan fingerprint density at radius 2 is 0.830 bits per heavy atom. The summed E-state index contributed by atoms with van der Waals surface area (Å²) in [4.78, 5) is 25.2. The largest absolute Gasteiger partial charge is 1.00 e. The normalized spacial score (nSPS) is 11.7. The van der Waals surface area contributed by atoms with E-state index in [4.69, 9.17) is 9.47 Å². The predicted octanol–water partition coefficient (Wildman–Crippen LogP) is 9.98. The molecule has 0 aromatic heterocycles. The maximum absolute atomic E-state index is 12.9. The Labute approximate surface area is 367 Å². The van der Waals surface area contributed by atoms with Crippen LogP contribution in [-0.2, 0) is 19.6 Å². The van der Waals surface area contributed by atoms with E-state index in [1.165, 1.54) is 134 Å². The third-order valence-corrected chi connectivity index (χ3v) is 10.3. The molecule has 0 aliphatic rings. The third kappa shape index (κ3) is 30.1. The van der Waals surface area contributed by atoms with Gasteiger partial charge >= 0.3 is 63.3 Å². The Bertz CT molecular complexity index is 1210. The smallest absolute Gasteiger partial charge is 0.744 e. The topological polar surface area (TPSA) is 110 Å². The molecule has 0 atom stereocenters. The van der Waals surface area contributed by atoms with Crippen molar-refractivity contribution in [1.82, 2.24) is 0 Å².